The molecule has 1 aromatic heterocycles. The van der Waals surface area contributed by atoms with Crippen molar-refractivity contribution in [1.82, 2.24) is 4.98 Å². The van der Waals surface area contributed by atoms with Crippen molar-refractivity contribution >= 4 is 46.0 Å². The van der Waals surface area contributed by atoms with Crippen LogP contribution in [0.3, 0.4) is 0 Å². The molecule has 0 radical (unpaired) electrons. The topological polar surface area (TPSA) is 90.4 Å². The van der Waals surface area contributed by atoms with Crippen LogP contribution in [0.1, 0.15) is 39.5 Å². The van der Waals surface area contributed by atoms with Crippen molar-refractivity contribution in [3.63, 3.8) is 0 Å². The molecule has 1 aliphatic carbocycles. The van der Waals surface area contributed by atoms with Gasteiger partial charge in [0.2, 0.25) is 0 Å². The molecule has 2 aromatic carbocycles. The lowest BCUT2D eigenvalue weighted by atomic mass is 9.96. The Morgan fingerprint density at radius 1 is 1.11 bits per heavy atom. The van der Waals surface area contributed by atoms with E-state index in [9.17, 15) is 19.8 Å². The highest BCUT2D eigenvalue weighted by Gasteiger charge is 2.47. The molecule has 1 saturated carbocycles. The second-order valence-electron chi connectivity index (χ2n) is 6.77. The van der Waals surface area contributed by atoms with Gasteiger partial charge in [-0.15, -0.1) is 0 Å². The van der Waals surface area contributed by atoms with Crippen molar-refractivity contribution in [2.24, 2.45) is 5.92 Å². The van der Waals surface area contributed by atoms with Gasteiger partial charge in [0, 0.05) is 16.8 Å². The fraction of sp³-hybridized carbons (Fsp3) is 0.200. The Balaban J connectivity index is 1.85. The number of rotatable bonds is 5. The molecule has 0 spiro atoms. The van der Waals surface area contributed by atoms with Crippen LogP contribution in [0, 0.1) is 5.92 Å². The van der Waals surface area contributed by atoms with E-state index >= 15 is 0 Å². The monoisotopic (exact) mass is 403 g/mol. The Labute approximate surface area is 164 Å². The number of benzene rings is 2. The number of aromatic amines is 1. The zero-order valence-corrected chi connectivity index (χ0v) is 15.5. The number of carboxylic acid groups (broad SMARTS) is 2. The highest BCUT2D eigenvalue weighted by molar-refractivity contribution is 6.42. The average molecular weight is 404 g/mol. The number of hydrogen-bond acceptors (Lipinski definition) is 2. The lowest BCUT2D eigenvalue weighted by Gasteiger charge is -2.08. The molecule has 0 saturated heterocycles. The number of carbonyl (C=O) groups is 2. The van der Waals surface area contributed by atoms with Crippen molar-refractivity contribution in [3.05, 3.63) is 68.8 Å². The Bertz CT molecular complexity index is 1090. The fourth-order valence-electron chi connectivity index (χ4n) is 3.69. The van der Waals surface area contributed by atoms with Crippen LogP contribution in [0.4, 0.5) is 0 Å². The van der Waals surface area contributed by atoms with E-state index < -0.39 is 17.9 Å². The van der Waals surface area contributed by atoms with E-state index in [1.165, 1.54) is 0 Å². The van der Waals surface area contributed by atoms with Gasteiger partial charge in [-0.3, -0.25) is 4.79 Å². The van der Waals surface area contributed by atoms with Crippen molar-refractivity contribution in [2.45, 2.75) is 18.8 Å². The third kappa shape index (κ3) is 3.17. The first-order chi connectivity index (χ1) is 12.9. The van der Waals surface area contributed by atoms with Crippen molar-refractivity contribution < 1.29 is 19.8 Å². The van der Waals surface area contributed by atoms with E-state index in [1.807, 2.05) is 24.3 Å². The molecular formula is C20H15Cl2NO4. The van der Waals surface area contributed by atoms with Gasteiger partial charge >= 0.3 is 11.9 Å². The van der Waals surface area contributed by atoms with Crippen molar-refractivity contribution in [3.8, 4) is 0 Å². The number of nitrogens with one attached hydrogen (secondary N) is 1. The summed E-state index contributed by atoms with van der Waals surface area (Å²) in [6.07, 6.45) is 0.978. The minimum atomic E-state index is -1.09. The van der Waals surface area contributed by atoms with E-state index in [-0.39, 0.29) is 11.6 Å². The lowest BCUT2D eigenvalue weighted by molar-refractivity contribution is -0.138. The third-order valence-electron chi connectivity index (χ3n) is 5.02. The summed E-state index contributed by atoms with van der Waals surface area (Å²) in [5, 5.41) is 20.6. The predicted molar refractivity (Wildman–Crippen MR) is 103 cm³/mol. The van der Waals surface area contributed by atoms with Crippen molar-refractivity contribution in [2.75, 3.05) is 0 Å². The molecule has 0 amide bonds. The first-order valence-electron chi connectivity index (χ1n) is 8.40. The molecule has 5 nitrogen and oxygen atoms in total. The minimum absolute atomic E-state index is 0.0698. The number of hydrogen-bond donors (Lipinski definition) is 3. The van der Waals surface area contributed by atoms with Gasteiger partial charge < -0.3 is 15.2 Å². The number of aromatic nitrogens is 1. The Hall–Kier alpha value is -2.50. The highest BCUT2D eigenvalue weighted by atomic mass is 35.5. The van der Waals surface area contributed by atoms with Gasteiger partial charge in [-0.05, 0) is 47.7 Å². The Morgan fingerprint density at radius 2 is 1.89 bits per heavy atom. The predicted octanol–water partition coefficient (Wildman–Crippen LogP) is 4.95. The number of fused-ring (bicyclic) bond motifs is 1. The van der Waals surface area contributed by atoms with Gasteiger partial charge in [0.15, 0.2) is 0 Å². The van der Waals surface area contributed by atoms with Gasteiger partial charge in [-0.1, -0.05) is 41.4 Å². The molecule has 3 N–H and O–H groups in total. The smallest absolute Gasteiger partial charge is 0.352 e. The molecule has 0 bridgehead atoms. The largest absolute Gasteiger partial charge is 0.481 e. The summed E-state index contributed by atoms with van der Waals surface area (Å²) in [4.78, 5) is 26.0. The molecule has 1 heterocycles. The van der Waals surface area contributed by atoms with Gasteiger partial charge in [0.25, 0.3) is 0 Å². The number of carboxylic acids is 2. The van der Waals surface area contributed by atoms with Gasteiger partial charge in [0.05, 0.1) is 16.0 Å². The third-order valence-corrected chi connectivity index (χ3v) is 5.76. The lowest BCUT2D eigenvalue weighted by Crippen LogP contribution is -2.04. The highest BCUT2D eigenvalue weighted by Crippen LogP contribution is 2.51. The van der Waals surface area contributed by atoms with Crippen LogP contribution in [-0.4, -0.2) is 27.1 Å². The van der Waals surface area contributed by atoms with Gasteiger partial charge in [-0.2, -0.15) is 0 Å². The second kappa shape index (κ2) is 6.59. The Morgan fingerprint density at radius 3 is 2.52 bits per heavy atom. The van der Waals surface area contributed by atoms with E-state index in [1.54, 1.807) is 12.1 Å². The number of halogens is 2. The van der Waals surface area contributed by atoms with E-state index in [0.29, 0.717) is 34.0 Å². The van der Waals surface area contributed by atoms with Crippen LogP contribution in [0.25, 0.3) is 10.9 Å². The summed E-state index contributed by atoms with van der Waals surface area (Å²) in [7, 11) is 0. The molecule has 0 unspecified atom stereocenters. The summed E-state index contributed by atoms with van der Waals surface area (Å²) in [6.45, 7) is 0. The molecule has 4 rings (SSSR count). The average Bonchev–Trinajstić information content (AvgIpc) is 3.31. The normalized spacial score (nSPS) is 18.6. The van der Waals surface area contributed by atoms with Gasteiger partial charge in [-0.25, -0.2) is 4.79 Å². The van der Waals surface area contributed by atoms with Crippen LogP contribution in [-0.2, 0) is 11.2 Å². The molecule has 1 fully saturated rings. The maximum absolute atomic E-state index is 11.7. The number of H-pyrrole nitrogens is 1. The van der Waals surface area contributed by atoms with E-state index in [2.05, 4.69) is 4.98 Å². The molecule has 0 aliphatic heterocycles. The number of aromatic carboxylic acids is 1. The van der Waals surface area contributed by atoms with Crippen LogP contribution in [0.15, 0.2) is 36.4 Å². The van der Waals surface area contributed by atoms with Crippen LogP contribution in [0.2, 0.25) is 10.0 Å². The van der Waals surface area contributed by atoms with E-state index in [4.69, 9.17) is 23.2 Å². The zero-order chi connectivity index (χ0) is 19.3. The van der Waals surface area contributed by atoms with Crippen molar-refractivity contribution in [1.29, 1.82) is 0 Å². The molecule has 27 heavy (non-hydrogen) atoms. The maximum atomic E-state index is 11.7. The zero-order valence-electron chi connectivity index (χ0n) is 14.0. The summed E-state index contributed by atoms with van der Waals surface area (Å²) >= 11 is 12.1. The molecule has 138 valence electrons. The fourth-order valence-corrected chi connectivity index (χ4v) is 4.01. The standard InChI is InChI=1S/C20H15Cl2NO4/c21-13-5-4-9(7-14(13)22)6-10-2-1-3-15-16(10)17(18(23-15)20(26)27)11-8-12(11)19(24)25/h1-5,7,11-12,23H,6,8H2,(H,24,25)(H,26,27)/t11-,12-/m1/s1. The van der Waals surface area contributed by atoms with Crippen LogP contribution >= 0.6 is 23.2 Å². The van der Waals surface area contributed by atoms with Crippen LogP contribution < -0.4 is 0 Å². The second-order valence-corrected chi connectivity index (χ2v) is 7.59. The minimum Gasteiger partial charge on any atom is -0.481 e. The number of aliphatic carboxylic acids is 1. The molecule has 3 aromatic rings. The quantitative estimate of drug-likeness (QED) is 0.561. The maximum Gasteiger partial charge on any atom is 0.352 e. The summed E-state index contributed by atoms with van der Waals surface area (Å²) in [5.41, 5.74) is 3.20. The Kier molecular flexibility index (Phi) is 4.36. The molecule has 2 atom stereocenters. The summed E-state index contributed by atoms with van der Waals surface area (Å²) < 4.78 is 0. The summed E-state index contributed by atoms with van der Waals surface area (Å²) in [5.74, 6) is -2.82. The van der Waals surface area contributed by atoms with Gasteiger partial charge in [0.1, 0.15) is 5.69 Å². The first kappa shape index (κ1) is 17.9. The molecule has 1 aliphatic rings. The van der Waals surface area contributed by atoms with E-state index in [0.717, 1.165) is 16.5 Å². The SMILES string of the molecule is O=C(O)c1[nH]c2cccc(Cc3ccc(Cl)c(Cl)c3)c2c1[C@@H]1C[C@H]1C(=O)O. The molecule has 7 heteroatoms. The molecular weight excluding hydrogens is 389 g/mol. The first-order valence-corrected chi connectivity index (χ1v) is 9.16. The van der Waals surface area contributed by atoms with Crippen LogP contribution in [0.5, 0.6) is 0 Å². The summed E-state index contributed by atoms with van der Waals surface area (Å²) in [6, 6.07) is 11.0.